The van der Waals surface area contributed by atoms with Crippen LogP contribution in [-0.2, 0) is 9.59 Å². The summed E-state index contributed by atoms with van der Waals surface area (Å²) >= 11 is 0. The number of nitrogens with one attached hydrogen (secondary N) is 2. The lowest BCUT2D eigenvalue weighted by atomic mass is 10.1. The zero-order chi connectivity index (χ0) is 13.4. The zero-order valence-corrected chi connectivity index (χ0v) is 10.4. The first-order valence-electron chi connectivity index (χ1n) is 6.09. The van der Waals surface area contributed by atoms with Gasteiger partial charge in [-0.15, -0.1) is 0 Å². The normalized spacial score (nSPS) is 19.5. The number of benzene rings is 1. The summed E-state index contributed by atoms with van der Waals surface area (Å²) in [5, 5.41) is 5.20. The van der Waals surface area contributed by atoms with Crippen LogP contribution in [0.5, 0.6) is 0 Å². The molecule has 19 heavy (non-hydrogen) atoms. The van der Waals surface area contributed by atoms with Crippen molar-refractivity contribution >= 4 is 28.9 Å². The zero-order valence-electron chi connectivity index (χ0n) is 10.4. The summed E-state index contributed by atoms with van der Waals surface area (Å²) in [4.78, 5) is 26.9. The van der Waals surface area contributed by atoms with Crippen LogP contribution < -0.4 is 10.6 Å². The molecule has 1 aromatic carbocycles. The molecule has 1 aromatic heterocycles. The molecule has 1 saturated heterocycles. The van der Waals surface area contributed by atoms with Crippen LogP contribution in [0.2, 0.25) is 0 Å². The highest BCUT2D eigenvalue weighted by molar-refractivity contribution is 6.01. The van der Waals surface area contributed by atoms with E-state index in [1.165, 1.54) is 0 Å². The molecule has 1 unspecified atom stereocenters. The lowest BCUT2D eigenvalue weighted by Gasteiger charge is -2.20. The van der Waals surface area contributed by atoms with Gasteiger partial charge < -0.3 is 9.73 Å². The van der Waals surface area contributed by atoms with Gasteiger partial charge in [0, 0.05) is 6.42 Å². The molecule has 0 spiro atoms. The van der Waals surface area contributed by atoms with Gasteiger partial charge in [0.2, 0.25) is 11.8 Å². The van der Waals surface area contributed by atoms with E-state index in [1.807, 2.05) is 25.1 Å². The van der Waals surface area contributed by atoms with E-state index in [1.54, 1.807) is 0 Å². The van der Waals surface area contributed by atoms with Gasteiger partial charge in [0.15, 0.2) is 5.58 Å². The van der Waals surface area contributed by atoms with Gasteiger partial charge >= 0.3 is 0 Å². The fourth-order valence-corrected chi connectivity index (χ4v) is 2.08. The summed E-state index contributed by atoms with van der Waals surface area (Å²) in [6, 6.07) is 5.51. The molecule has 6 heteroatoms. The number of hydrogen-bond donors (Lipinski definition) is 2. The number of hydrogen-bond acceptors (Lipinski definition) is 5. The minimum atomic E-state index is -0.480. The average Bonchev–Trinajstić information content (AvgIpc) is 2.74. The Hall–Kier alpha value is -2.37. The monoisotopic (exact) mass is 259 g/mol. The second-order valence-corrected chi connectivity index (χ2v) is 4.64. The smallest absolute Gasteiger partial charge is 0.296 e. The average molecular weight is 259 g/mol. The molecular formula is C13H13N3O3. The Bertz CT molecular complexity index is 662. The maximum Gasteiger partial charge on any atom is 0.296 e. The van der Waals surface area contributed by atoms with Gasteiger partial charge in [0.1, 0.15) is 11.6 Å². The molecule has 2 N–H and O–H groups in total. The fourth-order valence-electron chi connectivity index (χ4n) is 2.08. The Labute approximate surface area is 109 Å². The first kappa shape index (κ1) is 11.7. The molecule has 2 amide bonds. The third kappa shape index (κ3) is 2.29. The molecule has 0 bridgehead atoms. The van der Waals surface area contributed by atoms with Gasteiger partial charge in [-0.3, -0.25) is 14.9 Å². The van der Waals surface area contributed by atoms with Crippen molar-refractivity contribution in [2.24, 2.45) is 0 Å². The van der Waals surface area contributed by atoms with Crippen LogP contribution >= 0.6 is 0 Å². The number of imide groups is 1. The number of fused-ring (bicyclic) bond motifs is 1. The largest absolute Gasteiger partial charge is 0.424 e. The molecule has 1 aliphatic heterocycles. The quantitative estimate of drug-likeness (QED) is 0.795. The van der Waals surface area contributed by atoms with E-state index in [-0.39, 0.29) is 11.8 Å². The van der Waals surface area contributed by atoms with Crippen molar-refractivity contribution in [1.82, 2.24) is 10.3 Å². The van der Waals surface area contributed by atoms with E-state index >= 15 is 0 Å². The standard InChI is InChI=1S/C13H13N3O3/c1-7-2-4-10-9(6-7)15-13(19-10)14-8-3-5-11(17)16-12(8)18/h2,4,6,8H,3,5H2,1H3,(H,14,15)(H,16,17,18). The Morgan fingerprint density at radius 2 is 2.26 bits per heavy atom. The minimum absolute atomic E-state index is 0.240. The van der Waals surface area contributed by atoms with Crippen LogP contribution in [0.3, 0.4) is 0 Å². The van der Waals surface area contributed by atoms with E-state index in [4.69, 9.17) is 4.42 Å². The van der Waals surface area contributed by atoms with Crippen molar-refractivity contribution in [3.8, 4) is 0 Å². The summed E-state index contributed by atoms with van der Waals surface area (Å²) in [7, 11) is 0. The summed E-state index contributed by atoms with van der Waals surface area (Å²) in [5.74, 6) is -0.578. The number of carbonyl (C=O) groups excluding carboxylic acids is 2. The lowest BCUT2D eigenvalue weighted by Crippen LogP contribution is -2.47. The molecule has 0 radical (unpaired) electrons. The van der Waals surface area contributed by atoms with Crippen LogP contribution in [0.15, 0.2) is 22.6 Å². The molecule has 1 atom stereocenters. The molecule has 98 valence electrons. The van der Waals surface area contributed by atoms with E-state index in [2.05, 4.69) is 15.6 Å². The number of oxazole rings is 1. The van der Waals surface area contributed by atoms with Gasteiger partial charge in [0.25, 0.3) is 6.01 Å². The van der Waals surface area contributed by atoms with Gasteiger partial charge in [-0.2, -0.15) is 4.98 Å². The number of aryl methyl sites for hydroxylation is 1. The molecular weight excluding hydrogens is 246 g/mol. The second kappa shape index (κ2) is 4.38. The Balaban J connectivity index is 1.81. The highest BCUT2D eigenvalue weighted by atomic mass is 16.4. The Morgan fingerprint density at radius 3 is 3.05 bits per heavy atom. The number of amides is 2. The van der Waals surface area contributed by atoms with Crippen molar-refractivity contribution in [2.75, 3.05) is 5.32 Å². The van der Waals surface area contributed by atoms with Crippen LogP contribution in [0.25, 0.3) is 11.1 Å². The third-order valence-corrected chi connectivity index (χ3v) is 3.08. The minimum Gasteiger partial charge on any atom is -0.424 e. The number of carbonyl (C=O) groups is 2. The van der Waals surface area contributed by atoms with E-state index in [9.17, 15) is 9.59 Å². The van der Waals surface area contributed by atoms with E-state index < -0.39 is 6.04 Å². The van der Waals surface area contributed by atoms with Crippen molar-refractivity contribution in [2.45, 2.75) is 25.8 Å². The molecule has 2 heterocycles. The Morgan fingerprint density at radius 1 is 1.42 bits per heavy atom. The van der Waals surface area contributed by atoms with Gasteiger partial charge in [0.05, 0.1) is 0 Å². The highest BCUT2D eigenvalue weighted by Crippen LogP contribution is 2.21. The van der Waals surface area contributed by atoms with Crippen molar-refractivity contribution < 1.29 is 14.0 Å². The maximum atomic E-state index is 11.6. The summed E-state index contributed by atoms with van der Waals surface area (Å²) < 4.78 is 5.51. The van der Waals surface area contributed by atoms with Crippen LogP contribution in [0.1, 0.15) is 18.4 Å². The van der Waals surface area contributed by atoms with E-state index in [0.29, 0.717) is 24.4 Å². The van der Waals surface area contributed by atoms with Crippen molar-refractivity contribution in [1.29, 1.82) is 0 Å². The molecule has 0 saturated carbocycles. The van der Waals surface area contributed by atoms with Crippen molar-refractivity contribution in [3.05, 3.63) is 23.8 Å². The van der Waals surface area contributed by atoms with Gasteiger partial charge in [-0.25, -0.2) is 0 Å². The van der Waals surface area contributed by atoms with Gasteiger partial charge in [-0.05, 0) is 31.0 Å². The van der Waals surface area contributed by atoms with Crippen molar-refractivity contribution in [3.63, 3.8) is 0 Å². The molecule has 0 aliphatic carbocycles. The number of aromatic nitrogens is 1. The second-order valence-electron chi connectivity index (χ2n) is 4.64. The third-order valence-electron chi connectivity index (χ3n) is 3.08. The molecule has 3 rings (SSSR count). The summed E-state index contributed by atoms with van der Waals surface area (Å²) in [6.07, 6.45) is 0.769. The first-order valence-corrected chi connectivity index (χ1v) is 6.09. The topological polar surface area (TPSA) is 84.2 Å². The first-order chi connectivity index (χ1) is 9.11. The van der Waals surface area contributed by atoms with E-state index in [0.717, 1.165) is 11.1 Å². The SMILES string of the molecule is Cc1ccc2oc(NC3CCC(=O)NC3=O)nc2c1. The lowest BCUT2D eigenvalue weighted by molar-refractivity contribution is -0.133. The molecule has 1 aliphatic rings. The van der Waals surface area contributed by atoms with Gasteiger partial charge in [-0.1, -0.05) is 6.07 Å². The number of piperidine rings is 1. The highest BCUT2D eigenvalue weighted by Gasteiger charge is 2.27. The summed E-state index contributed by atoms with van der Waals surface area (Å²) in [6.45, 7) is 1.97. The Kier molecular flexibility index (Phi) is 2.70. The predicted octanol–water partition coefficient (Wildman–Crippen LogP) is 1.35. The number of nitrogens with zero attached hydrogens (tertiary/aromatic N) is 1. The predicted molar refractivity (Wildman–Crippen MR) is 68.5 cm³/mol. The number of rotatable bonds is 2. The van der Waals surface area contributed by atoms with Crippen LogP contribution in [0, 0.1) is 6.92 Å². The molecule has 1 fully saturated rings. The molecule has 6 nitrogen and oxygen atoms in total. The van der Waals surface area contributed by atoms with Crippen LogP contribution in [-0.4, -0.2) is 22.8 Å². The van der Waals surface area contributed by atoms with Crippen LogP contribution in [0.4, 0.5) is 6.01 Å². The fraction of sp³-hybridized carbons (Fsp3) is 0.308. The summed E-state index contributed by atoms with van der Waals surface area (Å²) in [5.41, 5.74) is 2.50. The molecule has 2 aromatic rings. The maximum absolute atomic E-state index is 11.6. The number of anilines is 1.